The number of nitrogens with one attached hydrogen (secondary N) is 1. The van der Waals surface area contributed by atoms with E-state index in [4.69, 9.17) is 5.26 Å². The van der Waals surface area contributed by atoms with Gasteiger partial charge in [-0.25, -0.2) is 0 Å². The molecule has 2 saturated carbocycles. The van der Waals surface area contributed by atoms with Crippen molar-refractivity contribution in [1.29, 1.82) is 5.26 Å². The first kappa shape index (κ1) is 18.0. The molecular formula is C22H32N4. The molecule has 1 N–H and O–H groups in total. The van der Waals surface area contributed by atoms with Gasteiger partial charge in [0.05, 0.1) is 11.6 Å². The minimum absolute atomic E-state index is 0.394. The molecule has 0 bridgehead atoms. The van der Waals surface area contributed by atoms with Gasteiger partial charge in [-0.1, -0.05) is 12.1 Å². The Balaban J connectivity index is 1.19. The third-order valence-corrected chi connectivity index (χ3v) is 6.99. The van der Waals surface area contributed by atoms with E-state index in [1.165, 1.54) is 70.4 Å². The number of likely N-dealkylation sites (N-methyl/N-ethyl adjacent to an activating group) is 1. The fraction of sp³-hybridized carbons (Fsp3) is 0.682. The van der Waals surface area contributed by atoms with Crippen LogP contribution in [0.15, 0.2) is 24.3 Å². The molecular weight excluding hydrogens is 320 g/mol. The minimum Gasteiger partial charge on any atom is -0.314 e. The van der Waals surface area contributed by atoms with Crippen molar-refractivity contribution in [3.8, 4) is 6.07 Å². The number of piperazine rings is 1. The summed E-state index contributed by atoms with van der Waals surface area (Å²) in [6, 6.07) is 11.3. The summed E-state index contributed by atoms with van der Waals surface area (Å²) >= 11 is 0. The van der Waals surface area contributed by atoms with Gasteiger partial charge in [-0.3, -0.25) is 0 Å². The van der Waals surface area contributed by atoms with Crippen LogP contribution in [0.1, 0.15) is 43.2 Å². The lowest BCUT2D eigenvalue weighted by Gasteiger charge is -2.33. The van der Waals surface area contributed by atoms with E-state index >= 15 is 0 Å². The molecule has 1 heterocycles. The third kappa shape index (κ3) is 3.81. The molecule has 26 heavy (non-hydrogen) atoms. The van der Waals surface area contributed by atoms with Crippen molar-refractivity contribution in [2.75, 3.05) is 46.3 Å². The van der Waals surface area contributed by atoms with Crippen LogP contribution in [0.3, 0.4) is 0 Å². The van der Waals surface area contributed by atoms with Crippen LogP contribution in [0.5, 0.6) is 0 Å². The van der Waals surface area contributed by atoms with Crippen LogP contribution in [0.2, 0.25) is 0 Å². The number of rotatable bonds is 6. The predicted octanol–water partition coefficient (Wildman–Crippen LogP) is 2.60. The van der Waals surface area contributed by atoms with E-state index in [0.29, 0.717) is 11.5 Å². The van der Waals surface area contributed by atoms with E-state index in [-0.39, 0.29) is 0 Å². The molecule has 0 radical (unpaired) electrons. The summed E-state index contributed by atoms with van der Waals surface area (Å²) in [6.45, 7) is 7.28. The molecule has 3 aliphatic rings. The second-order valence-corrected chi connectivity index (χ2v) is 8.67. The second kappa shape index (κ2) is 7.68. The van der Waals surface area contributed by atoms with E-state index < -0.39 is 0 Å². The Kier molecular flexibility index (Phi) is 5.31. The zero-order valence-electron chi connectivity index (χ0n) is 16.1. The fourth-order valence-corrected chi connectivity index (χ4v) is 5.15. The maximum absolute atomic E-state index is 9.16. The highest BCUT2D eigenvalue weighted by molar-refractivity contribution is 5.41. The molecule has 0 aromatic heterocycles. The number of nitrogens with zero attached hydrogens (tertiary/aromatic N) is 3. The highest BCUT2D eigenvalue weighted by Gasteiger charge is 2.57. The molecule has 4 nitrogen and oxygen atoms in total. The highest BCUT2D eigenvalue weighted by atomic mass is 15.2. The van der Waals surface area contributed by atoms with Crippen LogP contribution < -0.4 is 5.32 Å². The average molecular weight is 353 g/mol. The van der Waals surface area contributed by atoms with E-state index in [9.17, 15) is 0 Å². The van der Waals surface area contributed by atoms with Gasteiger partial charge in [-0.2, -0.15) is 5.26 Å². The van der Waals surface area contributed by atoms with Gasteiger partial charge in [0.25, 0.3) is 0 Å². The summed E-state index contributed by atoms with van der Waals surface area (Å²) in [5.74, 6) is 0.820. The molecule has 1 aromatic carbocycles. The smallest absolute Gasteiger partial charge is 0.0991 e. The molecule has 1 aromatic rings. The maximum atomic E-state index is 9.16. The monoisotopic (exact) mass is 352 g/mol. The molecule has 0 amide bonds. The minimum atomic E-state index is 0.394. The molecule has 2 aliphatic carbocycles. The first-order chi connectivity index (χ1) is 12.7. The quantitative estimate of drug-likeness (QED) is 0.799. The van der Waals surface area contributed by atoms with Crippen molar-refractivity contribution in [3.05, 3.63) is 35.4 Å². The largest absolute Gasteiger partial charge is 0.314 e. The van der Waals surface area contributed by atoms with Gasteiger partial charge in [-0.05, 0) is 81.3 Å². The zero-order valence-corrected chi connectivity index (χ0v) is 16.1. The Hall–Kier alpha value is -1.41. The summed E-state index contributed by atoms with van der Waals surface area (Å²) in [5.41, 5.74) is 2.62. The molecule has 3 atom stereocenters. The predicted molar refractivity (Wildman–Crippen MR) is 105 cm³/mol. The summed E-state index contributed by atoms with van der Waals surface area (Å²) in [7, 11) is 2.22. The van der Waals surface area contributed by atoms with Crippen molar-refractivity contribution in [2.45, 2.75) is 43.6 Å². The van der Waals surface area contributed by atoms with Gasteiger partial charge in [0.15, 0.2) is 0 Å². The first-order valence-electron chi connectivity index (χ1n) is 10.3. The highest BCUT2D eigenvalue weighted by Crippen LogP contribution is 2.62. The number of benzene rings is 1. The Labute approximate surface area is 158 Å². The van der Waals surface area contributed by atoms with Crippen LogP contribution in [-0.2, 0) is 5.41 Å². The van der Waals surface area contributed by atoms with Crippen LogP contribution in [0, 0.1) is 17.2 Å². The van der Waals surface area contributed by atoms with Crippen molar-refractivity contribution in [3.63, 3.8) is 0 Å². The van der Waals surface area contributed by atoms with E-state index in [1.807, 2.05) is 6.07 Å². The molecule has 0 spiro atoms. The van der Waals surface area contributed by atoms with Crippen LogP contribution in [-0.4, -0.2) is 62.2 Å². The van der Waals surface area contributed by atoms with Crippen LogP contribution >= 0.6 is 0 Å². The zero-order chi connectivity index (χ0) is 18.0. The first-order valence-corrected chi connectivity index (χ1v) is 10.3. The lowest BCUT2D eigenvalue weighted by atomic mass is 9.80. The Morgan fingerprint density at radius 3 is 2.88 bits per heavy atom. The number of hydrogen-bond acceptors (Lipinski definition) is 4. The standard InChI is InChI=1S/C22H32N4/c1-25-10-12-26(13-11-25)9-3-8-24-21-6-7-22(16-20(22)15-21)19-5-2-4-18(14-19)17-23/h2,4-5,14,20-21,24H,3,6-13,15-16H2,1H3/t20-,21+,22+/m0/s1. The van der Waals surface area contributed by atoms with Gasteiger partial charge in [-0.15, -0.1) is 0 Å². The molecule has 140 valence electrons. The fourth-order valence-electron chi connectivity index (χ4n) is 5.15. The maximum Gasteiger partial charge on any atom is 0.0991 e. The molecule has 1 aliphatic heterocycles. The number of hydrogen-bond donors (Lipinski definition) is 1. The van der Waals surface area contributed by atoms with E-state index in [0.717, 1.165) is 18.0 Å². The van der Waals surface area contributed by atoms with Crippen LogP contribution in [0.4, 0.5) is 0 Å². The number of nitriles is 1. The van der Waals surface area contributed by atoms with Gasteiger partial charge < -0.3 is 15.1 Å². The molecule has 0 unspecified atom stereocenters. The second-order valence-electron chi connectivity index (χ2n) is 8.67. The Bertz CT molecular complexity index is 658. The number of fused-ring (bicyclic) bond motifs is 1. The molecule has 3 fully saturated rings. The van der Waals surface area contributed by atoms with Crippen molar-refractivity contribution < 1.29 is 0 Å². The SMILES string of the molecule is CN1CCN(CCCN[C@@H]2CC[C@]3(c4cccc(C#N)c4)C[C@@H]3C2)CC1. The topological polar surface area (TPSA) is 42.3 Å². The molecule has 1 saturated heterocycles. The molecule has 4 rings (SSSR count). The van der Waals surface area contributed by atoms with E-state index in [1.54, 1.807) is 0 Å². The van der Waals surface area contributed by atoms with Gasteiger partial charge in [0, 0.05) is 32.2 Å². The Morgan fingerprint density at radius 1 is 1.27 bits per heavy atom. The Morgan fingerprint density at radius 2 is 2.12 bits per heavy atom. The average Bonchev–Trinajstić information content (AvgIpc) is 3.42. The molecule has 4 heteroatoms. The summed E-state index contributed by atoms with van der Waals surface area (Å²) in [6.07, 6.45) is 6.46. The van der Waals surface area contributed by atoms with Crippen molar-refractivity contribution in [2.24, 2.45) is 5.92 Å². The van der Waals surface area contributed by atoms with Gasteiger partial charge in [0.2, 0.25) is 0 Å². The van der Waals surface area contributed by atoms with E-state index in [2.05, 4.69) is 46.4 Å². The summed E-state index contributed by atoms with van der Waals surface area (Å²) in [5, 5.41) is 13.0. The van der Waals surface area contributed by atoms with Crippen molar-refractivity contribution in [1.82, 2.24) is 15.1 Å². The normalized spacial score (nSPS) is 32.0. The van der Waals surface area contributed by atoms with Gasteiger partial charge >= 0.3 is 0 Å². The summed E-state index contributed by atoms with van der Waals surface area (Å²) in [4.78, 5) is 5.03. The third-order valence-electron chi connectivity index (χ3n) is 6.99. The van der Waals surface area contributed by atoms with Gasteiger partial charge in [0.1, 0.15) is 0 Å². The lowest BCUT2D eigenvalue weighted by molar-refractivity contribution is 0.152. The lowest BCUT2D eigenvalue weighted by Crippen LogP contribution is -2.45. The van der Waals surface area contributed by atoms with Crippen molar-refractivity contribution >= 4 is 0 Å². The summed E-state index contributed by atoms with van der Waals surface area (Å²) < 4.78 is 0. The van der Waals surface area contributed by atoms with Crippen LogP contribution in [0.25, 0.3) is 0 Å².